The summed E-state index contributed by atoms with van der Waals surface area (Å²) in [4.78, 5) is 30.7. The number of rotatable bonds is 10. The van der Waals surface area contributed by atoms with Crippen LogP contribution in [0, 0.1) is 5.82 Å². The molecule has 1 amide bonds. The predicted molar refractivity (Wildman–Crippen MR) is 188 cm³/mol. The maximum Gasteiger partial charge on any atom is 0.409 e. The van der Waals surface area contributed by atoms with Crippen molar-refractivity contribution in [2.45, 2.75) is 49.8 Å². The molecule has 1 aromatic heterocycles. The van der Waals surface area contributed by atoms with Gasteiger partial charge in [-0.15, -0.1) is 0 Å². The number of carbonyl (C=O) groups is 1. The van der Waals surface area contributed by atoms with Crippen molar-refractivity contribution in [3.05, 3.63) is 137 Å². The number of para-hydroxylation sites is 2. The summed E-state index contributed by atoms with van der Waals surface area (Å²) < 4.78 is 48.7. The second-order valence-electron chi connectivity index (χ2n) is 11.9. The minimum absolute atomic E-state index is 0. The van der Waals surface area contributed by atoms with E-state index >= 15 is 0 Å². The average Bonchev–Trinajstić information content (AvgIpc) is 3.40. The molecule has 0 saturated carbocycles. The summed E-state index contributed by atoms with van der Waals surface area (Å²) >= 11 is 0. The Morgan fingerprint density at radius 2 is 1.35 bits per heavy atom. The topological polar surface area (TPSA) is 93.8 Å². The molecule has 4 aromatic carbocycles. The number of nitrogens with zero attached hydrogens (tertiary/aromatic N) is 4. The number of halogens is 1. The lowest BCUT2D eigenvalue weighted by molar-refractivity contribution is 0.0567. The number of hydrogen-bond donors (Lipinski definition) is 0. The Labute approximate surface area is 286 Å². The molecular formula is C36H39FN4O5S2. The van der Waals surface area contributed by atoms with Crippen LogP contribution in [0.25, 0.3) is 11.0 Å². The van der Waals surface area contributed by atoms with Crippen LogP contribution < -0.4 is 5.69 Å². The zero-order valence-corrected chi connectivity index (χ0v) is 28.4. The van der Waals surface area contributed by atoms with Crippen LogP contribution in [0.4, 0.5) is 9.18 Å². The molecule has 1 aliphatic heterocycles. The lowest BCUT2D eigenvalue weighted by Crippen LogP contribution is -2.43. The fourth-order valence-corrected chi connectivity index (χ4v) is 7.54. The first-order valence-electron chi connectivity index (χ1n) is 15.7. The predicted octanol–water partition coefficient (Wildman–Crippen LogP) is 6.16. The van der Waals surface area contributed by atoms with E-state index in [0.717, 1.165) is 28.2 Å². The van der Waals surface area contributed by atoms with Crippen LogP contribution in [0.15, 0.2) is 119 Å². The molecule has 9 nitrogen and oxygen atoms in total. The molecule has 0 aliphatic carbocycles. The summed E-state index contributed by atoms with van der Waals surface area (Å²) in [5, 5.41) is 0. The molecule has 1 fully saturated rings. The van der Waals surface area contributed by atoms with Gasteiger partial charge in [0.25, 0.3) is 10.0 Å². The van der Waals surface area contributed by atoms with Crippen LogP contribution in [0.2, 0.25) is 0 Å². The molecular weight excluding hydrogens is 652 g/mol. The van der Waals surface area contributed by atoms with Crippen LogP contribution >= 0.6 is 13.5 Å². The second kappa shape index (κ2) is 15.2. The van der Waals surface area contributed by atoms with Gasteiger partial charge in [-0.25, -0.2) is 22.4 Å². The maximum absolute atomic E-state index is 13.8. The fourth-order valence-electron chi connectivity index (χ4n) is 6.14. The Hall–Kier alpha value is -4.39. The molecule has 252 valence electrons. The molecule has 0 radical (unpaired) electrons. The van der Waals surface area contributed by atoms with Gasteiger partial charge in [0, 0.05) is 38.3 Å². The van der Waals surface area contributed by atoms with Crippen molar-refractivity contribution in [3.63, 3.8) is 0 Å². The van der Waals surface area contributed by atoms with E-state index in [1.54, 1.807) is 29.2 Å². The molecule has 5 aromatic rings. The number of likely N-dealkylation sites (tertiary alicyclic amines) is 1. The number of ether oxygens (including phenoxy) is 1. The zero-order valence-electron chi connectivity index (χ0n) is 26.6. The number of imidazole rings is 1. The van der Waals surface area contributed by atoms with Gasteiger partial charge in [-0.1, -0.05) is 72.8 Å². The summed E-state index contributed by atoms with van der Waals surface area (Å²) in [5.74, 6) is -0.574. The number of aromatic nitrogens is 2. The van der Waals surface area contributed by atoms with Gasteiger partial charge in [0.15, 0.2) is 0 Å². The molecule has 0 unspecified atom stereocenters. The van der Waals surface area contributed by atoms with E-state index in [0.29, 0.717) is 44.5 Å². The molecule has 0 spiro atoms. The number of carbonyl (C=O) groups excluding carboxylic acids is 1. The minimum Gasteiger partial charge on any atom is -0.448 e. The van der Waals surface area contributed by atoms with Gasteiger partial charge >= 0.3 is 11.8 Å². The number of amides is 1. The van der Waals surface area contributed by atoms with Crippen molar-refractivity contribution < 1.29 is 22.3 Å². The van der Waals surface area contributed by atoms with Crippen LogP contribution in [-0.4, -0.2) is 58.6 Å². The maximum atomic E-state index is 13.8. The largest absolute Gasteiger partial charge is 0.448 e. The highest BCUT2D eigenvalue weighted by Gasteiger charge is 2.31. The molecule has 48 heavy (non-hydrogen) atoms. The quantitative estimate of drug-likeness (QED) is 0.175. The van der Waals surface area contributed by atoms with Crippen molar-refractivity contribution in [1.29, 1.82) is 0 Å². The molecule has 1 atom stereocenters. The van der Waals surface area contributed by atoms with Crippen LogP contribution in [0.5, 0.6) is 0 Å². The van der Waals surface area contributed by atoms with Crippen molar-refractivity contribution >= 4 is 40.6 Å². The van der Waals surface area contributed by atoms with E-state index in [2.05, 4.69) is 29.2 Å². The molecule has 1 aliphatic rings. The molecule has 1 saturated heterocycles. The first-order chi connectivity index (χ1) is 22.7. The van der Waals surface area contributed by atoms with Gasteiger partial charge in [0.1, 0.15) is 12.4 Å². The summed E-state index contributed by atoms with van der Waals surface area (Å²) in [6.45, 7) is 4.39. The van der Waals surface area contributed by atoms with E-state index in [-0.39, 0.29) is 42.6 Å². The number of hydrogen-bond acceptors (Lipinski definition) is 6. The van der Waals surface area contributed by atoms with Gasteiger partial charge in [-0.3, -0.25) is 9.47 Å². The van der Waals surface area contributed by atoms with Crippen LogP contribution in [-0.2, 0) is 27.8 Å². The van der Waals surface area contributed by atoms with E-state index in [1.165, 1.54) is 15.7 Å². The number of piperidine rings is 1. The average molecular weight is 691 g/mol. The normalized spacial score (nSPS) is 14.5. The first-order valence-corrected chi connectivity index (χ1v) is 17.1. The van der Waals surface area contributed by atoms with Crippen LogP contribution in [0.3, 0.4) is 0 Å². The standard InChI is InChI=1S/C36H37FN4O5S.H2S/c1-27(39(24-28-10-4-2-5-11-28)25-29-12-6-3-7-13-29)26-46-36(43)38-22-20-31(21-23-38)40-33-14-8-9-15-34(33)41(35(40)42)47(44,45)32-18-16-30(37)17-19-32;/h2-19,27,31H,20-26H2,1H3;1H2/t27-;/m0./s1. The summed E-state index contributed by atoms with van der Waals surface area (Å²) in [6, 6.07) is 31.1. The lowest BCUT2D eigenvalue weighted by atomic mass is 10.0. The Bertz CT molecular complexity index is 1950. The van der Waals surface area contributed by atoms with E-state index < -0.39 is 27.6 Å². The number of benzene rings is 4. The third-order valence-electron chi connectivity index (χ3n) is 8.71. The molecule has 2 heterocycles. The SMILES string of the molecule is C[C@@H](COC(=O)N1CCC(n2c(=O)n(S(=O)(=O)c3ccc(F)cc3)c3ccccc32)CC1)N(Cc1ccccc1)Cc1ccccc1.S. The van der Waals surface area contributed by atoms with Gasteiger partial charge in [0.2, 0.25) is 0 Å². The van der Waals surface area contributed by atoms with Gasteiger partial charge in [-0.05, 0) is 67.3 Å². The van der Waals surface area contributed by atoms with E-state index in [1.807, 2.05) is 43.3 Å². The van der Waals surface area contributed by atoms with Crippen LogP contribution in [0.1, 0.15) is 36.9 Å². The van der Waals surface area contributed by atoms with E-state index in [9.17, 15) is 22.4 Å². The highest BCUT2D eigenvalue weighted by atomic mass is 32.2. The van der Waals surface area contributed by atoms with E-state index in [4.69, 9.17) is 4.74 Å². The summed E-state index contributed by atoms with van der Waals surface area (Å²) in [7, 11) is -4.29. The smallest absolute Gasteiger partial charge is 0.409 e. The Balaban J connectivity index is 0.00000451. The molecule has 0 N–H and O–H groups in total. The third-order valence-corrected chi connectivity index (χ3v) is 10.4. The Morgan fingerprint density at radius 1 is 0.833 bits per heavy atom. The van der Waals surface area contributed by atoms with Gasteiger partial charge in [0.05, 0.1) is 15.9 Å². The molecule has 6 rings (SSSR count). The minimum atomic E-state index is -4.29. The first kappa shape index (κ1) is 34.9. The number of fused-ring (bicyclic) bond motifs is 1. The second-order valence-corrected chi connectivity index (χ2v) is 13.7. The Kier molecular flexibility index (Phi) is 11.1. The summed E-state index contributed by atoms with van der Waals surface area (Å²) in [6.07, 6.45) is 0.482. The lowest BCUT2D eigenvalue weighted by Gasteiger charge is -2.33. The van der Waals surface area contributed by atoms with Crippen molar-refractivity contribution in [3.8, 4) is 0 Å². The molecule has 0 bridgehead atoms. The highest BCUT2D eigenvalue weighted by molar-refractivity contribution is 7.90. The van der Waals surface area contributed by atoms with Gasteiger partial charge in [-0.2, -0.15) is 17.5 Å². The van der Waals surface area contributed by atoms with Crippen molar-refractivity contribution in [2.75, 3.05) is 19.7 Å². The van der Waals surface area contributed by atoms with Crippen molar-refractivity contribution in [1.82, 2.24) is 18.3 Å². The highest BCUT2D eigenvalue weighted by Crippen LogP contribution is 2.28. The summed E-state index contributed by atoms with van der Waals surface area (Å²) in [5.41, 5.74) is 2.38. The third kappa shape index (κ3) is 7.51. The monoisotopic (exact) mass is 690 g/mol. The Morgan fingerprint density at radius 3 is 1.92 bits per heavy atom. The zero-order chi connectivity index (χ0) is 33.0. The van der Waals surface area contributed by atoms with Crippen molar-refractivity contribution in [2.24, 2.45) is 0 Å². The fraction of sp³-hybridized carbons (Fsp3) is 0.278. The molecule has 12 heteroatoms. The van der Waals surface area contributed by atoms with Gasteiger partial charge < -0.3 is 9.64 Å².